The van der Waals surface area contributed by atoms with Crippen molar-refractivity contribution in [3.63, 3.8) is 0 Å². The van der Waals surface area contributed by atoms with Crippen molar-refractivity contribution in [3.8, 4) is 0 Å². The third kappa shape index (κ3) is 8.21. The number of nitrogens with two attached hydrogens (primary N) is 2. The highest BCUT2D eigenvalue weighted by atomic mass is 19.1. The molecule has 152 valence electrons. The predicted octanol–water partition coefficient (Wildman–Crippen LogP) is 4.08. The number of halogens is 1. The van der Waals surface area contributed by atoms with Crippen LogP contribution in [0.3, 0.4) is 0 Å². The van der Waals surface area contributed by atoms with Gasteiger partial charge < -0.3 is 11.1 Å². The third-order valence-electron chi connectivity index (χ3n) is 4.58. The maximum absolute atomic E-state index is 12.2. The fourth-order valence-electron chi connectivity index (χ4n) is 2.91. The molecular formula is C23H33FN4. The molecule has 0 heterocycles. The maximum atomic E-state index is 12.2. The van der Waals surface area contributed by atoms with Crippen LogP contribution in [0.4, 0.5) is 10.1 Å². The number of aryl methyl sites for hydroxylation is 1. The van der Waals surface area contributed by atoms with Gasteiger partial charge in [-0.25, -0.2) is 9.40 Å². The maximum Gasteiger partial charge on any atom is 0.103 e. The van der Waals surface area contributed by atoms with E-state index in [0.717, 1.165) is 37.1 Å². The Bertz CT molecular complexity index is 698. The summed E-state index contributed by atoms with van der Waals surface area (Å²) >= 11 is 0. The molecule has 0 aliphatic heterocycles. The Morgan fingerprint density at radius 2 is 1.64 bits per heavy atom. The van der Waals surface area contributed by atoms with Gasteiger partial charge in [-0.2, -0.15) is 0 Å². The van der Waals surface area contributed by atoms with E-state index in [1.165, 1.54) is 16.1 Å². The highest BCUT2D eigenvalue weighted by Gasteiger charge is 2.07. The van der Waals surface area contributed by atoms with Gasteiger partial charge in [-0.1, -0.05) is 55.5 Å². The number of hydrogen-bond acceptors (Lipinski definition) is 4. The highest BCUT2D eigenvalue weighted by molar-refractivity contribution is 5.70. The Morgan fingerprint density at radius 1 is 1.04 bits per heavy atom. The number of nitrogens with zero attached hydrogens (tertiary/aromatic N) is 1. The molecule has 5 N–H and O–H groups in total. The molecule has 0 aromatic heterocycles. The molecule has 0 radical (unpaired) electrons. The van der Waals surface area contributed by atoms with Gasteiger partial charge in [-0.05, 0) is 48.1 Å². The van der Waals surface area contributed by atoms with Crippen LogP contribution < -0.4 is 16.9 Å². The van der Waals surface area contributed by atoms with Crippen LogP contribution in [0.5, 0.6) is 0 Å². The number of rotatable bonds is 12. The van der Waals surface area contributed by atoms with Gasteiger partial charge in [0.15, 0.2) is 0 Å². The molecule has 0 aliphatic carbocycles. The van der Waals surface area contributed by atoms with E-state index in [0.29, 0.717) is 6.54 Å². The van der Waals surface area contributed by atoms with Crippen molar-refractivity contribution in [1.29, 1.82) is 0 Å². The molecule has 1 atom stereocenters. The molecule has 2 aromatic rings. The Morgan fingerprint density at radius 3 is 2.21 bits per heavy atom. The van der Waals surface area contributed by atoms with Crippen LogP contribution >= 0.6 is 0 Å². The molecule has 28 heavy (non-hydrogen) atoms. The topological polar surface area (TPSA) is 67.3 Å². The zero-order valence-electron chi connectivity index (χ0n) is 16.8. The first kappa shape index (κ1) is 22.1. The van der Waals surface area contributed by atoms with E-state index >= 15 is 0 Å². The minimum Gasteiger partial charge on any atom is -0.385 e. The normalized spacial score (nSPS) is 12.6. The summed E-state index contributed by atoms with van der Waals surface area (Å²) in [5.41, 5.74) is 10.8. The van der Waals surface area contributed by atoms with Gasteiger partial charge >= 0.3 is 0 Å². The van der Waals surface area contributed by atoms with Crippen LogP contribution in [-0.4, -0.2) is 37.4 Å². The molecule has 0 aliphatic rings. The van der Waals surface area contributed by atoms with Gasteiger partial charge in [0, 0.05) is 31.4 Å². The van der Waals surface area contributed by atoms with Gasteiger partial charge in [0.25, 0.3) is 0 Å². The second kappa shape index (κ2) is 12.3. The first-order valence-electron chi connectivity index (χ1n) is 10.0. The minimum absolute atomic E-state index is 0.0501. The zero-order valence-corrected chi connectivity index (χ0v) is 16.8. The standard InChI is InChI=1S/C23H33FN4/c1-2-16-27-23-13-10-21(11-14-23)8-5-19-3-6-20(7-4-19)9-12-22(25)18-28(26)17-15-24/h3-8,10-11,13-14,22,27H,2,9,12,15-18,25-26H2,1H3/b8-5+. The van der Waals surface area contributed by atoms with Crippen molar-refractivity contribution >= 4 is 17.8 Å². The van der Waals surface area contributed by atoms with Crippen molar-refractivity contribution < 1.29 is 4.39 Å². The number of nitrogens with one attached hydrogen (secondary N) is 1. The van der Waals surface area contributed by atoms with E-state index in [9.17, 15) is 4.39 Å². The van der Waals surface area contributed by atoms with Gasteiger partial charge in [0.1, 0.15) is 6.67 Å². The van der Waals surface area contributed by atoms with Crippen LogP contribution in [-0.2, 0) is 6.42 Å². The molecule has 0 bridgehead atoms. The number of benzene rings is 2. The molecule has 4 nitrogen and oxygen atoms in total. The Kier molecular flexibility index (Phi) is 9.69. The molecule has 2 aromatic carbocycles. The summed E-state index contributed by atoms with van der Waals surface area (Å²) < 4.78 is 12.2. The Balaban J connectivity index is 1.81. The quantitative estimate of drug-likeness (QED) is 0.293. The van der Waals surface area contributed by atoms with E-state index in [2.05, 4.69) is 72.9 Å². The van der Waals surface area contributed by atoms with Crippen molar-refractivity contribution in [2.45, 2.75) is 32.2 Å². The van der Waals surface area contributed by atoms with E-state index in [4.69, 9.17) is 11.6 Å². The summed E-state index contributed by atoms with van der Waals surface area (Å²) in [6, 6.07) is 16.9. The second-order valence-corrected chi connectivity index (χ2v) is 7.11. The number of alkyl halides is 1. The lowest BCUT2D eigenvalue weighted by atomic mass is 10.0. The summed E-state index contributed by atoms with van der Waals surface area (Å²) in [4.78, 5) is 0. The number of hydrazine groups is 1. The summed E-state index contributed by atoms with van der Waals surface area (Å²) in [5.74, 6) is 5.69. The van der Waals surface area contributed by atoms with Crippen LogP contribution in [0.1, 0.15) is 36.5 Å². The van der Waals surface area contributed by atoms with Crippen molar-refractivity contribution in [2.24, 2.45) is 11.6 Å². The Hall–Kier alpha value is -2.21. The average molecular weight is 385 g/mol. The molecule has 2 rings (SSSR count). The first-order chi connectivity index (χ1) is 13.6. The van der Waals surface area contributed by atoms with E-state index in [1.54, 1.807) is 0 Å². The summed E-state index contributed by atoms with van der Waals surface area (Å²) in [5, 5.41) is 4.83. The number of anilines is 1. The summed E-state index contributed by atoms with van der Waals surface area (Å²) in [7, 11) is 0. The van der Waals surface area contributed by atoms with E-state index < -0.39 is 6.67 Å². The van der Waals surface area contributed by atoms with Crippen LogP contribution in [0, 0.1) is 0 Å². The third-order valence-corrected chi connectivity index (χ3v) is 4.58. The Labute approximate surface area is 168 Å². The first-order valence-corrected chi connectivity index (χ1v) is 10.0. The summed E-state index contributed by atoms with van der Waals surface area (Å²) in [6.45, 7) is 3.45. The zero-order chi connectivity index (χ0) is 20.2. The molecule has 0 fully saturated rings. The van der Waals surface area contributed by atoms with Crippen molar-refractivity contribution in [1.82, 2.24) is 5.01 Å². The molecule has 1 unspecified atom stereocenters. The van der Waals surface area contributed by atoms with E-state index in [-0.39, 0.29) is 12.6 Å². The fourth-order valence-corrected chi connectivity index (χ4v) is 2.91. The largest absolute Gasteiger partial charge is 0.385 e. The molecule has 0 saturated heterocycles. The molecule has 0 amide bonds. The van der Waals surface area contributed by atoms with E-state index in [1.807, 2.05) is 0 Å². The fraction of sp³-hybridized carbons (Fsp3) is 0.391. The van der Waals surface area contributed by atoms with Crippen molar-refractivity contribution in [2.75, 3.05) is 31.6 Å². The molecular weight excluding hydrogens is 351 g/mol. The van der Waals surface area contributed by atoms with Crippen LogP contribution in [0.15, 0.2) is 48.5 Å². The lowest BCUT2D eigenvalue weighted by Gasteiger charge is -2.19. The van der Waals surface area contributed by atoms with Gasteiger partial charge in [0.05, 0.1) is 0 Å². The lowest BCUT2D eigenvalue weighted by Crippen LogP contribution is -2.43. The van der Waals surface area contributed by atoms with Crippen LogP contribution in [0.2, 0.25) is 0 Å². The molecule has 0 spiro atoms. The smallest absolute Gasteiger partial charge is 0.103 e. The molecule has 5 heteroatoms. The average Bonchev–Trinajstić information content (AvgIpc) is 2.71. The van der Waals surface area contributed by atoms with Gasteiger partial charge in [-0.15, -0.1) is 0 Å². The molecule has 0 saturated carbocycles. The number of hydrogen-bond donors (Lipinski definition) is 3. The highest BCUT2D eigenvalue weighted by Crippen LogP contribution is 2.14. The van der Waals surface area contributed by atoms with Gasteiger partial charge in [0.2, 0.25) is 0 Å². The SMILES string of the molecule is CCCNc1ccc(/C=C/c2ccc(CCC(N)CN(N)CCF)cc2)cc1. The predicted molar refractivity (Wildman–Crippen MR) is 119 cm³/mol. The second-order valence-electron chi connectivity index (χ2n) is 7.11. The lowest BCUT2D eigenvalue weighted by molar-refractivity contribution is 0.237. The minimum atomic E-state index is -0.446. The van der Waals surface area contributed by atoms with Crippen molar-refractivity contribution in [3.05, 3.63) is 65.2 Å². The monoisotopic (exact) mass is 384 g/mol. The van der Waals surface area contributed by atoms with Crippen LogP contribution in [0.25, 0.3) is 12.2 Å². The summed E-state index contributed by atoms with van der Waals surface area (Å²) in [6.07, 6.45) is 7.07. The van der Waals surface area contributed by atoms with Gasteiger partial charge in [-0.3, -0.25) is 5.84 Å².